The molecule has 9 nitrogen and oxygen atoms in total. The van der Waals surface area contributed by atoms with E-state index in [1.807, 2.05) is 0 Å². The zero-order valence-corrected chi connectivity index (χ0v) is 16.8. The highest BCUT2D eigenvalue weighted by molar-refractivity contribution is 6.35. The van der Waals surface area contributed by atoms with Gasteiger partial charge in [0.1, 0.15) is 11.6 Å². The molecular formula is C22H18FN3O6. The van der Waals surface area contributed by atoms with Gasteiger partial charge in [-0.1, -0.05) is 12.1 Å². The van der Waals surface area contributed by atoms with E-state index in [2.05, 4.69) is 15.8 Å². The van der Waals surface area contributed by atoms with Gasteiger partial charge in [0.15, 0.2) is 11.5 Å². The van der Waals surface area contributed by atoms with Crippen molar-refractivity contribution in [3.63, 3.8) is 0 Å². The largest absolute Gasteiger partial charge is 0.493 e. The van der Waals surface area contributed by atoms with Crippen molar-refractivity contribution in [2.24, 2.45) is 5.10 Å². The van der Waals surface area contributed by atoms with Gasteiger partial charge in [-0.05, 0) is 48.0 Å². The van der Waals surface area contributed by atoms with E-state index in [0.29, 0.717) is 11.3 Å². The number of hydrogen-bond acceptors (Lipinski definition) is 7. The molecule has 0 spiro atoms. The molecule has 10 heteroatoms. The first-order valence-corrected chi connectivity index (χ1v) is 9.26. The lowest BCUT2D eigenvalue weighted by atomic mass is 10.2. The molecule has 0 fully saturated rings. The van der Waals surface area contributed by atoms with E-state index in [-0.39, 0.29) is 23.6 Å². The number of carbonyl (C=O) groups excluding carboxylic acids is 3. The van der Waals surface area contributed by atoms with Crippen LogP contribution in [0.4, 0.5) is 4.39 Å². The molecule has 0 aliphatic heterocycles. The fourth-order valence-corrected chi connectivity index (χ4v) is 2.51. The maximum atomic E-state index is 13.8. The molecular weight excluding hydrogens is 421 g/mol. The van der Waals surface area contributed by atoms with Crippen LogP contribution in [0.3, 0.4) is 0 Å². The molecule has 3 aromatic rings. The van der Waals surface area contributed by atoms with Gasteiger partial charge in [0.25, 0.3) is 0 Å². The van der Waals surface area contributed by atoms with Gasteiger partial charge in [-0.2, -0.15) is 5.10 Å². The minimum atomic E-state index is -0.963. The second-order valence-electron chi connectivity index (χ2n) is 6.24. The maximum absolute atomic E-state index is 13.8. The van der Waals surface area contributed by atoms with Gasteiger partial charge in [0.05, 0.1) is 31.7 Å². The highest BCUT2D eigenvalue weighted by Gasteiger charge is 2.16. The highest BCUT2D eigenvalue weighted by Crippen LogP contribution is 2.28. The first-order valence-electron chi connectivity index (χ1n) is 9.26. The van der Waals surface area contributed by atoms with Gasteiger partial charge < -0.3 is 19.2 Å². The van der Waals surface area contributed by atoms with Crippen molar-refractivity contribution in [2.75, 3.05) is 7.11 Å². The van der Waals surface area contributed by atoms with E-state index in [4.69, 9.17) is 13.9 Å². The van der Waals surface area contributed by atoms with E-state index in [0.717, 1.165) is 6.07 Å². The smallest absolute Gasteiger partial charge is 0.346 e. The second kappa shape index (κ2) is 10.5. The molecule has 1 aromatic heterocycles. The second-order valence-corrected chi connectivity index (χ2v) is 6.24. The zero-order chi connectivity index (χ0) is 22.9. The summed E-state index contributed by atoms with van der Waals surface area (Å²) in [5.74, 6) is -2.68. The van der Waals surface area contributed by atoms with E-state index in [1.54, 1.807) is 12.1 Å². The number of benzene rings is 2. The number of amides is 2. The minimum Gasteiger partial charge on any atom is -0.493 e. The number of hydrazone groups is 1. The third-order valence-electron chi connectivity index (χ3n) is 4.07. The summed E-state index contributed by atoms with van der Waals surface area (Å²) in [6.07, 6.45) is 2.72. The first-order chi connectivity index (χ1) is 15.5. The third kappa shape index (κ3) is 5.79. The Morgan fingerprint density at radius 1 is 1.06 bits per heavy atom. The molecule has 2 aromatic carbocycles. The molecule has 0 saturated carbocycles. The van der Waals surface area contributed by atoms with Gasteiger partial charge in [-0.15, -0.1) is 0 Å². The predicted molar refractivity (Wildman–Crippen MR) is 111 cm³/mol. The number of esters is 1. The van der Waals surface area contributed by atoms with E-state index in [9.17, 15) is 18.8 Å². The van der Waals surface area contributed by atoms with Crippen LogP contribution in [0.15, 0.2) is 70.4 Å². The number of hydrogen-bond donors (Lipinski definition) is 2. The number of methoxy groups -OCH3 is 1. The number of carbonyl (C=O) groups is 3. The van der Waals surface area contributed by atoms with Crippen LogP contribution in [0, 0.1) is 5.82 Å². The van der Waals surface area contributed by atoms with E-state index in [1.165, 1.54) is 56.0 Å². The molecule has 0 aliphatic rings. The third-order valence-corrected chi connectivity index (χ3v) is 4.07. The number of furan rings is 1. The van der Waals surface area contributed by atoms with Crippen molar-refractivity contribution in [1.29, 1.82) is 0 Å². The van der Waals surface area contributed by atoms with Crippen LogP contribution in [0.1, 0.15) is 21.7 Å². The quantitative estimate of drug-likeness (QED) is 0.192. The van der Waals surface area contributed by atoms with Crippen LogP contribution in [0.2, 0.25) is 0 Å². The molecule has 2 amide bonds. The van der Waals surface area contributed by atoms with Crippen molar-refractivity contribution in [3.8, 4) is 11.5 Å². The van der Waals surface area contributed by atoms with E-state index >= 15 is 0 Å². The van der Waals surface area contributed by atoms with Crippen molar-refractivity contribution < 1.29 is 32.7 Å². The average molecular weight is 439 g/mol. The van der Waals surface area contributed by atoms with Gasteiger partial charge in [0, 0.05) is 0 Å². The van der Waals surface area contributed by atoms with Crippen molar-refractivity contribution >= 4 is 24.0 Å². The summed E-state index contributed by atoms with van der Waals surface area (Å²) < 4.78 is 29.2. The molecule has 2 N–H and O–H groups in total. The SMILES string of the molecule is COc1cc(/C=N/NC(=O)C(=O)NCc2ccco2)ccc1OC(=O)c1ccccc1F. The van der Waals surface area contributed by atoms with Crippen LogP contribution in [0.25, 0.3) is 0 Å². The molecule has 0 aliphatic carbocycles. The Balaban J connectivity index is 1.58. The molecule has 0 atom stereocenters. The van der Waals surface area contributed by atoms with Crippen molar-refractivity contribution in [3.05, 3.63) is 83.6 Å². The highest BCUT2D eigenvalue weighted by atomic mass is 19.1. The van der Waals surface area contributed by atoms with Crippen LogP contribution in [-0.4, -0.2) is 31.1 Å². The van der Waals surface area contributed by atoms with Crippen LogP contribution < -0.4 is 20.2 Å². The number of rotatable bonds is 7. The monoisotopic (exact) mass is 439 g/mol. The Hall–Kier alpha value is -4.47. The van der Waals surface area contributed by atoms with Gasteiger partial charge >= 0.3 is 17.8 Å². The standard InChI is InChI=1S/C22H18FN3O6/c1-30-19-11-14(8-9-18(19)32-22(29)16-6-2-3-7-17(16)23)12-25-26-21(28)20(27)24-13-15-5-4-10-31-15/h2-12H,13H2,1H3,(H,24,27)(H,26,28)/b25-12+. The molecule has 32 heavy (non-hydrogen) atoms. The number of nitrogens with zero attached hydrogens (tertiary/aromatic N) is 1. The number of halogens is 1. The van der Waals surface area contributed by atoms with Gasteiger partial charge in [-0.3, -0.25) is 9.59 Å². The van der Waals surface area contributed by atoms with Gasteiger partial charge in [-0.25, -0.2) is 14.6 Å². The van der Waals surface area contributed by atoms with Crippen molar-refractivity contribution in [2.45, 2.75) is 6.54 Å². The lowest BCUT2D eigenvalue weighted by Gasteiger charge is -2.10. The molecule has 0 saturated heterocycles. The minimum absolute atomic E-state index is 0.0627. The molecule has 1 heterocycles. The maximum Gasteiger partial charge on any atom is 0.346 e. The molecule has 164 valence electrons. The Morgan fingerprint density at radius 2 is 1.88 bits per heavy atom. The lowest BCUT2D eigenvalue weighted by Crippen LogP contribution is -2.37. The summed E-state index contributed by atoms with van der Waals surface area (Å²) in [7, 11) is 1.36. The van der Waals surface area contributed by atoms with Crippen LogP contribution in [0.5, 0.6) is 11.5 Å². The Labute approximate surface area is 181 Å². The fourth-order valence-electron chi connectivity index (χ4n) is 2.51. The topological polar surface area (TPSA) is 119 Å². The average Bonchev–Trinajstić information content (AvgIpc) is 3.32. The first kappa shape index (κ1) is 22.2. The molecule has 0 radical (unpaired) electrons. The van der Waals surface area contributed by atoms with Gasteiger partial charge in [0.2, 0.25) is 0 Å². The van der Waals surface area contributed by atoms with Crippen LogP contribution >= 0.6 is 0 Å². The summed E-state index contributed by atoms with van der Waals surface area (Å²) in [5.41, 5.74) is 2.35. The number of ether oxygens (including phenoxy) is 2. The summed E-state index contributed by atoms with van der Waals surface area (Å²) in [6.45, 7) is 0.0627. The normalized spacial score (nSPS) is 10.6. The number of nitrogens with one attached hydrogen (secondary N) is 2. The summed E-state index contributed by atoms with van der Waals surface area (Å²) >= 11 is 0. The Bertz CT molecular complexity index is 1140. The Morgan fingerprint density at radius 3 is 2.59 bits per heavy atom. The van der Waals surface area contributed by atoms with E-state index < -0.39 is 23.6 Å². The summed E-state index contributed by atoms with van der Waals surface area (Å²) in [6, 6.07) is 13.2. The summed E-state index contributed by atoms with van der Waals surface area (Å²) in [4.78, 5) is 35.7. The molecule has 0 unspecified atom stereocenters. The van der Waals surface area contributed by atoms with Crippen LogP contribution in [-0.2, 0) is 16.1 Å². The summed E-state index contributed by atoms with van der Waals surface area (Å²) in [5, 5.41) is 6.09. The zero-order valence-electron chi connectivity index (χ0n) is 16.8. The predicted octanol–water partition coefficient (Wildman–Crippen LogP) is 2.41. The molecule has 3 rings (SSSR count). The molecule has 0 bridgehead atoms. The van der Waals surface area contributed by atoms with Crippen molar-refractivity contribution in [1.82, 2.24) is 10.7 Å². The fraction of sp³-hybridized carbons (Fsp3) is 0.0909. The Kier molecular flexibility index (Phi) is 7.31. The lowest BCUT2D eigenvalue weighted by molar-refractivity contribution is -0.139.